The van der Waals surface area contributed by atoms with Gasteiger partial charge in [-0.2, -0.15) is 0 Å². The molecule has 0 saturated heterocycles. The van der Waals surface area contributed by atoms with Gasteiger partial charge in [-0.05, 0) is 47.3 Å². The van der Waals surface area contributed by atoms with Crippen LogP contribution in [0.4, 0.5) is 0 Å². The first-order valence-corrected chi connectivity index (χ1v) is 10.8. The highest BCUT2D eigenvalue weighted by atomic mass is 35.5. The van der Waals surface area contributed by atoms with Gasteiger partial charge >= 0.3 is 0 Å². The minimum absolute atomic E-state index is 0.136. The fourth-order valence-corrected chi connectivity index (χ4v) is 5.01. The molecule has 0 spiro atoms. The molecule has 3 aromatic rings. The van der Waals surface area contributed by atoms with Gasteiger partial charge in [0.15, 0.2) is 0 Å². The van der Waals surface area contributed by atoms with Gasteiger partial charge in [-0.25, -0.2) is 0 Å². The number of rotatable bonds is 5. The summed E-state index contributed by atoms with van der Waals surface area (Å²) in [5.41, 5.74) is 1.17. The Morgan fingerprint density at radius 1 is 0.893 bits per heavy atom. The molecular formula is C21H13Cl2NO2S2. The number of halogens is 2. The van der Waals surface area contributed by atoms with E-state index in [4.69, 9.17) is 23.2 Å². The standard InChI is InChI=1S/C21H13Cl2NO2S2/c22-14-7-9-15(10-8-14)28-19-18(17-6-3-11-27-17)20(25)24(21(19)26)12-13-4-1-2-5-16(13)23/h1-11H,12H2. The summed E-state index contributed by atoms with van der Waals surface area (Å²) in [6, 6.07) is 18.1. The molecule has 7 heteroatoms. The lowest BCUT2D eigenvalue weighted by Crippen LogP contribution is -2.31. The van der Waals surface area contributed by atoms with Crippen molar-refractivity contribution in [1.29, 1.82) is 0 Å². The lowest BCUT2D eigenvalue weighted by molar-refractivity contribution is -0.137. The SMILES string of the molecule is O=C1C(Sc2ccc(Cl)cc2)=C(c2cccs2)C(=O)N1Cc1ccccc1Cl. The third-order valence-corrected chi connectivity index (χ3v) is 6.81. The molecular weight excluding hydrogens is 433 g/mol. The van der Waals surface area contributed by atoms with Crippen LogP contribution >= 0.6 is 46.3 Å². The quantitative estimate of drug-likeness (QED) is 0.443. The van der Waals surface area contributed by atoms with Crippen molar-refractivity contribution in [1.82, 2.24) is 4.90 Å². The number of nitrogens with zero attached hydrogens (tertiary/aromatic N) is 1. The molecule has 0 saturated carbocycles. The van der Waals surface area contributed by atoms with Gasteiger partial charge in [-0.15, -0.1) is 11.3 Å². The highest BCUT2D eigenvalue weighted by molar-refractivity contribution is 8.04. The van der Waals surface area contributed by atoms with Gasteiger partial charge < -0.3 is 0 Å². The van der Waals surface area contributed by atoms with Crippen LogP contribution in [0.5, 0.6) is 0 Å². The van der Waals surface area contributed by atoms with Crippen molar-refractivity contribution in [3.8, 4) is 0 Å². The van der Waals surface area contributed by atoms with Crippen molar-refractivity contribution in [2.75, 3.05) is 0 Å². The molecule has 2 heterocycles. The van der Waals surface area contributed by atoms with E-state index in [-0.39, 0.29) is 18.4 Å². The van der Waals surface area contributed by atoms with Crippen molar-refractivity contribution >= 4 is 63.7 Å². The maximum absolute atomic E-state index is 13.2. The summed E-state index contributed by atoms with van der Waals surface area (Å²) in [6.07, 6.45) is 0. The Morgan fingerprint density at radius 2 is 1.64 bits per heavy atom. The molecule has 2 amide bonds. The molecule has 0 unspecified atom stereocenters. The van der Waals surface area contributed by atoms with Gasteiger partial charge in [-0.3, -0.25) is 14.5 Å². The average Bonchev–Trinajstić information content (AvgIpc) is 3.28. The maximum Gasteiger partial charge on any atom is 0.268 e. The predicted octanol–water partition coefficient (Wildman–Crippen LogP) is 6.13. The Morgan fingerprint density at radius 3 is 2.32 bits per heavy atom. The number of thiophene rings is 1. The van der Waals surface area contributed by atoms with Gasteiger partial charge in [0.25, 0.3) is 11.8 Å². The zero-order chi connectivity index (χ0) is 19.7. The summed E-state index contributed by atoms with van der Waals surface area (Å²) in [7, 11) is 0. The topological polar surface area (TPSA) is 37.4 Å². The Kier molecular flexibility index (Phi) is 5.60. The summed E-state index contributed by atoms with van der Waals surface area (Å²) in [5.74, 6) is -0.614. The van der Waals surface area contributed by atoms with Gasteiger partial charge in [0.05, 0.1) is 17.0 Å². The van der Waals surface area contributed by atoms with Crippen LogP contribution in [-0.2, 0) is 16.1 Å². The largest absolute Gasteiger partial charge is 0.269 e. The van der Waals surface area contributed by atoms with E-state index in [1.807, 2.05) is 47.8 Å². The van der Waals surface area contributed by atoms with E-state index in [2.05, 4.69) is 0 Å². The second kappa shape index (κ2) is 8.13. The Hall–Kier alpha value is -2.05. The summed E-state index contributed by atoms with van der Waals surface area (Å²) < 4.78 is 0. The van der Waals surface area contributed by atoms with Crippen LogP contribution < -0.4 is 0 Å². The number of carbonyl (C=O) groups excluding carboxylic acids is 2. The highest BCUT2D eigenvalue weighted by Crippen LogP contribution is 2.41. The third-order valence-electron chi connectivity index (χ3n) is 4.21. The van der Waals surface area contributed by atoms with Crippen LogP contribution in [0.2, 0.25) is 10.0 Å². The number of thioether (sulfide) groups is 1. The lowest BCUT2D eigenvalue weighted by Gasteiger charge is -2.16. The third kappa shape index (κ3) is 3.76. The monoisotopic (exact) mass is 445 g/mol. The molecule has 1 aliphatic rings. The zero-order valence-electron chi connectivity index (χ0n) is 14.4. The number of benzene rings is 2. The number of carbonyl (C=O) groups is 2. The van der Waals surface area contributed by atoms with Crippen molar-refractivity contribution in [3.63, 3.8) is 0 Å². The number of amides is 2. The second-order valence-electron chi connectivity index (χ2n) is 6.03. The molecule has 0 N–H and O–H groups in total. The van der Waals surface area contributed by atoms with E-state index >= 15 is 0 Å². The Labute approximate surface area is 180 Å². The number of imide groups is 1. The Bertz CT molecular complexity index is 1080. The Balaban J connectivity index is 1.71. The molecule has 2 aromatic carbocycles. The number of hydrogen-bond acceptors (Lipinski definition) is 4. The molecule has 0 radical (unpaired) electrons. The molecule has 0 atom stereocenters. The van der Waals surface area contributed by atoms with Crippen LogP contribution in [0.25, 0.3) is 5.57 Å². The van der Waals surface area contributed by atoms with Gasteiger partial charge in [0.2, 0.25) is 0 Å². The normalized spacial score (nSPS) is 14.3. The highest BCUT2D eigenvalue weighted by Gasteiger charge is 2.40. The van der Waals surface area contributed by atoms with Crippen molar-refractivity contribution in [3.05, 3.63) is 91.4 Å². The molecule has 0 fully saturated rings. The first-order valence-electron chi connectivity index (χ1n) is 8.36. The fourth-order valence-electron chi connectivity index (χ4n) is 2.85. The zero-order valence-corrected chi connectivity index (χ0v) is 17.5. The maximum atomic E-state index is 13.2. The van der Waals surface area contributed by atoms with Gasteiger partial charge in [0, 0.05) is 19.8 Å². The molecule has 1 aromatic heterocycles. The molecule has 1 aliphatic heterocycles. The minimum atomic E-state index is -0.312. The van der Waals surface area contributed by atoms with Crippen LogP contribution in [0.3, 0.4) is 0 Å². The number of hydrogen-bond donors (Lipinski definition) is 0. The second-order valence-corrected chi connectivity index (χ2v) is 8.90. The van der Waals surface area contributed by atoms with Crippen LogP contribution in [0.15, 0.2) is 75.8 Å². The first-order chi connectivity index (χ1) is 13.5. The van der Waals surface area contributed by atoms with Crippen LogP contribution in [0, 0.1) is 0 Å². The smallest absolute Gasteiger partial charge is 0.268 e. The summed E-state index contributed by atoms with van der Waals surface area (Å²) >= 11 is 14.9. The van der Waals surface area contributed by atoms with Crippen molar-refractivity contribution in [2.24, 2.45) is 0 Å². The predicted molar refractivity (Wildman–Crippen MR) is 116 cm³/mol. The molecule has 140 valence electrons. The van der Waals surface area contributed by atoms with E-state index < -0.39 is 0 Å². The van der Waals surface area contributed by atoms with Gasteiger partial charge in [0.1, 0.15) is 0 Å². The lowest BCUT2D eigenvalue weighted by atomic mass is 10.2. The average molecular weight is 446 g/mol. The molecule has 4 rings (SSSR count). The summed E-state index contributed by atoms with van der Waals surface area (Å²) in [5, 5.41) is 3.03. The van der Waals surface area contributed by atoms with E-state index in [9.17, 15) is 9.59 Å². The molecule has 0 aliphatic carbocycles. The van der Waals surface area contributed by atoms with E-state index in [1.165, 1.54) is 28.0 Å². The molecule has 0 bridgehead atoms. The van der Waals surface area contributed by atoms with Crippen LogP contribution in [-0.4, -0.2) is 16.7 Å². The summed E-state index contributed by atoms with van der Waals surface area (Å²) in [6.45, 7) is 0.136. The molecule has 28 heavy (non-hydrogen) atoms. The van der Waals surface area contributed by atoms with Crippen LogP contribution in [0.1, 0.15) is 10.4 Å². The minimum Gasteiger partial charge on any atom is -0.269 e. The summed E-state index contributed by atoms with van der Waals surface area (Å²) in [4.78, 5) is 29.6. The van der Waals surface area contributed by atoms with E-state index in [1.54, 1.807) is 18.2 Å². The molecule has 3 nitrogen and oxygen atoms in total. The van der Waals surface area contributed by atoms with Crippen molar-refractivity contribution < 1.29 is 9.59 Å². The first kappa shape index (κ1) is 19.3. The fraction of sp³-hybridized carbons (Fsp3) is 0.0476. The van der Waals surface area contributed by atoms with E-state index in [0.29, 0.717) is 20.5 Å². The van der Waals surface area contributed by atoms with E-state index in [0.717, 1.165) is 15.3 Å². The van der Waals surface area contributed by atoms with Crippen molar-refractivity contribution in [2.45, 2.75) is 11.4 Å². The van der Waals surface area contributed by atoms with Gasteiger partial charge in [-0.1, -0.05) is 59.2 Å².